The SMILES string of the molecule is Cc1cccc(C)c1-c1ccccc1OP(=O)(Cl)Oc1ccccc1-c1c(C)cccc1C. The lowest BCUT2D eigenvalue weighted by Gasteiger charge is -2.20. The van der Waals surface area contributed by atoms with Crippen molar-refractivity contribution in [2.75, 3.05) is 0 Å². The van der Waals surface area contributed by atoms with E-state index in [-0.39, 0.29) is 0 Å². The molecular formula is C28H26ClO3P. The number of benzene rings is 4. The van der Waals surface area contributed by atoms with Crippen LogP contribution in [0.3, 0.4) is 0 Å². The maximum atomic E-state index is 13.4. The van der Waals surface area contributed by atoms with Crippen LogP contribution in [0.15, 0.2) is 84.9 Å². The van der Waals surface area contributed by atoms with Crippen molar-refractivity contribution in [3.63, 3.8) is 0 Å². The quantitative estimate of drug-likeness (QED) is 0.260. The second-order valence-electron chi connectivity index (χ2n) is 8.14. The van der Waals surface area contributed by atoms with E-state index < -0.39 is 6.95 Å². The van der Waals surface area contributed by atoms with Gasteiger partial charge in [0.2, 0.25) is 0 Å². The van der Waals surface area contributed by atoms with Crippen molar-refractivity contribution < 1.29 is 13.6 Å². The van der Waals surface area contributed by atoms with Crippen LogP contribution in [0.4, 0.5) is 0 Å². The summed E-state index contributed by atoms with van der Waals surface area (Å²) < 4.78 is 25.1. The molecule has 0 aliphatic heterocycles. The van der Waals surface area contributed by atoms with Gasteiger partial charge in [0.25, 0.3) is 0 Å². The standard InChI is InChI=1S/C28H26ClO3P/c1-19-11-9-12-20(2)27(19)23-15-5-7-17-25(23)31-33(29,30)32-26-18-8-6-16-24(26)28-21(3)13-10-14-22(28)4/h5-18H,1-4H3. The lowest BCUT2D eigenvalue weighted by molar-refractivity contribution is 0.407. The third-order valence-electron chi connectivity index (χ3n) is 5.69. The Morgan fingerprint density at radius 3 is 1.24 bits per heavy atom. The van der Waals surface area contributed by atoms with E-state index in [1.54, 1.807) is 12.1 Å². The first-order chi connectivity index (χ1) is 15.8. The molecule has 4 aromatic rings. The molecule has 0 aliphatic carbocycles. The molecule has 4 rings (SSSR count). The second kappa shape index (κ2) is 9.47. The Morgan fingerprint density at radius 2 is 0.879 bits per heavy atom. The van der Waals surface area contributed by atoms with Gasteiger partial charge in [0, 0.05) is 22.4 Å². The zero-order valence-electron chi connectivity index (χ0n) is 19.1. The summed E-state index contributed by atoms with van der Waals surface area (Å²) in [6.07, 6.45) is 0. The molecule has 0 N–H and O–H groups in total. The number of hydrogen-bond donors (Lipinski definition) is 0. The Kier molecular flexibility index (Phi) is 6.65. The molecule has 0 aliphatic rings. The Balaban J connectivity index is 1.71. The van der Waals surface area contributed by atoms with Crippen LogP contribution in [0.25, 0.3) is 22.3 Å². The van der Waals surface area contributed by atoms with Gasteiger partial charge in [0.15, 0.2) is 0 Å². The van der Waals surface area contributed by atoms with Gasteiger partial charge in [-0.15, -0.1) is 0 Å². The average Bonchev–Trinajstić information content (AvgIpc) is 2.75. The highest BCUT2D eigenvalue weighted by atomic mass is 35.7. The molecule has 0 radical (unpaired) electrons. The summed E-state index contributed by atoms with van der Waals surface area (Å²) in [5.41, 5.74) is 8.07. The molecule has 0 atom stereocenters. The third kappa shape index (κ3) is 5.00. The van der Waals surface area contributed by atoms with E-state index in [1.165, 1.54) is 0 Å². The monoisotopic (exact) mass is 476 g/mol. The molecule has 168 valence electrons. The van der Waals surface area contributed by atoms with E-state index in [1.807, 2.05) is 100 Å². The fourth-order valence-corrected chi connectivity index (χ4v) is 5.51. The molecule has 0 heterocycles. The summed E-state index contributed by atoms with van der Waals surface area (Å²) in [6.45, 7) is 4.13. The minimum atomic E-state index is -4.02. The number of aryl methyl sites for hydroxylation is 4. The molecule has 0 spiro atoms. The van der Waals surface area contributed by atoms with Crippen molar-refractivity contribution in [3.8, 4) is 33.8 Å². The average molecular weight is 477 g/mol. The van der Waals surface area contributed by atoms with Gasteiger partial charge in [-0.25, -0.2) is 4.57 Å². The van der Waals surface area contributed by atoms with Crippen LogP contribution in [0.2, 0.25) is 0 Å². The fourth-order valence-electron chi connectivity index (χ4n) is 4.24. The molecule has 0 saturated heterocycles. The summed E-state index contributed by atoms with van der Waals surface area (Å²) in [7, 11) is 0. The highest BCUT2D eigenvalue weighted by molar-refractivity contribution is 7.82. The molecule has 0 fully saturated rings. The first kappa shape index (κ1) is 23.2. The maximum absolute atomic E-state index is 13.4. The highest BCUT2D eigenvalue weighted by Crippen LogP contribution is 2.56. The first-order valence-corrected chi connectivity index (χ1v) is 13.2. The van der Waals surface area contributed by atoms with Crippen molar-refractivity contribution in [1.29, 1.82) is 0 Å². The summed E-state index contributed by atoms with van der Waals surface area (Å²) >= 11 is 6.39. The summed E-state index contributed by atoms with van der Waals surface area (Å²) in [6, 6.07) is 27.1. The molecular weight excluding hydrogens is 451 g/mol. The predicted molar refractivity (Wildman–Crippen MR) is 137 cm³/mol. The summed E-state index contributed by atoms with van der Waals surface area (Å²) in [5, 5.41) is 0. The molecule has 33 heavy (non-hydrogen) atoms. The third-order valence-corrected chi connectivity index (χ3v) is 6.93. The zero-order chi connectivity index (χ0) is 23.6. The van der Waals surface area contributed by atoms with Crippen LogP contribution in [0, 0.1) is 27.7 Å². The van der Waals surface area contributed by atoms with Gasteiger partial charge < -0.3 is 9.05 Å². The predicted octanol–water partition coefficient (Wildman–Crippen LogP) is 9.06. The minimum absolute atomic E-state index is 0.415. The Bertz CT molecular complexity index is 1220. The Morgan fingerprint density at radius 1 is 0.545 bits per heavy atom. The number of hydrogen-bond acceptors (Lipinski definition) is 3. The Hall–Kier alpha value is -3.00. The molecule has 0 amide bonds. The molecule has 5 heteroatoms. The first-order valence-electron chi connectivity index (χ1n) is 10.8. The van der Waals surface area contributed by atoms with Crippen molar-refractivity contribution in [2.24, 2.45) is 0 Å². The molecule has 0 bridgehead atoms. The van der Waals surface area contributed by atoms with E-state index in [0.29, 0.717) is 11.5 Å². The highest BCUT2D eigenvalue weighted by Gasteiger charge is 2.28. The number of rotatable bonds is 6. The van der Waals surface area contributed by atoms with Gasteiger partial charge in [-0.2, -0.15) is 0 Å². The van der Waals surface area contributed by atoms with Gasteiger partial charge in [-0.3, -0.25) is 0 Å². The van der Waals surface area contributed by atoms with Crippen LogP contribution < -0.4 is 9.05 Å². The van der Waals surface area contributed by atoms with E-state index in [2.05, 4.69) is 0 Å². The summed E-state index contributed by atoms with van der Waals surface area (Å²) in [5.74, 6) is 0.829. The van der Waals surface area contributed by atoms with Crippen LogP contribution in [-0.4, -0.2) is 0 Å². The molecule has 0 saturated carbocycles. The minimum Gasteiger partial charge on any atom is -0.404 e. The smallest absolute Gasteiger partial charge is 0.404 e. The fraction of sp³-hybridized carbons (Fsp3) is 0.143. The molecule has 4 aromatic carbocycles. The van der Waals surface area contributed by atoms with E-state index in [0.717, 1.165) is 44.5 Å². The maximum Gasteiger partial charge on any atom is 0.530 e. The Labute approximate surface area is 200 Å². The van der Waals surface area contributed by atoms with E-state index in [4.69, 9.17) is 20.3 Å². The topological polar surface area (TPSA) is 35.5 Å². The van der Waals surface area contributed by atoms with Gasteiger partial charge in [-0.1, -0.05) is 72.8 Å². The zero-order valence-corrected chi connectivity index (χ0v) is 20.8. The van der Waals surface area contributed by atoms with Gasteiger partial charge in [0.1, 0.15) is 11.5 Å². The van der Waals surface area contributed by atoms with Crippen LogP contribution >= 0.6 is 18.2 Å². The second-order valence-corrected chi connectivity index (χ2v) is 10.6. The van der Waals surface area contributed by atoms with Gasteiger partial charge in [0.05, 0.1) is 0 Å². The van der Waals surface area contributed by atoms with Gasteiger partial charge in [-0.05, 0) is 73.2 Å². The van der Waals surface area contributed by atoms with Crippen LogP contribution in [-0.2, 0) is 4.57 Å². The van der Waals surface area contributed by atoms with Crippen molar-refractivity contribution in [2.45, 2.75) is 27.7 Å². The van der Waals surface area contributed by atoms with Gasteiger partial charge >= 0.3 is 6.95 Å². The number of para-hydroxylation sites is 2. The molecule has 3 nitrogen and oxygen atoms in total. The number of halogens is 1. The van der Waals surface area contributed by atoms with Crippen molar-refractivity contribution in [1.82, 2.24) is 0 Å². The van der Waals surface area contributed by atoms with Crippen molar-refractivity contribution >= 4 is 18.2 Å². The molecule has 0 aromatic heterocycles. The summed E-state index contributed by atoms with van der Waals surface area (Å²) in [4.78, 5) is 0. The lowest BCUT2D eigenvalue weighted by atomic mass is 9.95. The molecule has 0 unspecified atom stereocenters. The van der Waals surface area contributed by atoms with Crippen LogP contribution in [0.5, 0.6) is 11.5 Å². The van der Waals surface area contributed by atoms with E-state index >= 15 is 0 Å². The normalized spacial score (nSPS) is 11.3. The largest absolute Gasteiger partial charge is 0.530 e. The lowest BCUT2D eigenvalue weighted by Crippen LogP contribution is -1.99. The van der Waals surface area contributed by atoms with E-state index in [9.17, 15) is 4.57 Å². The van der Waals surface area contributed by atoms with Crippen LogP contribution in [0.1, 0.15) is 22.3 Å². The van der Waals surface area contributed by atoms with Crippen molar-refractivity contribution in [3.05, 3.63) is 107 Å².